The molecule has 0 amide bonds. The van der Waals surface area contributed by atoms with Crippen LogP contribution in [0, 0.1) is 6.92 Å². The van der Waals surface area contributed by atoms with Gasteiger partial charge < -0.3 is 9.84 Å². The van der Waals surface area contributed by atoms with Gasteiger partial charge in [0.2, 0.25) is 0 Å². The Morgan fingerprint density at radius 3 is 2.67 bits per heavy atom. The number of halogens is 3. The summed E-state index contributed by atoms with van der Waals surface area (Å²) in [5.74, 6) is -0.728. The average Bonchev–Trinajstić information content (AvgIpc) is 2.40. The van der Waals surface area contributed by atoms with E-state index in [4.69, 9.17) is 27.9 Å². The van der Waals surface area contributed by atoms with Crippen molar-refractivity contribution in [2.24, 2.45) is 0 Å². The van der Waals surface area contributed by atoms with Crippen molar-refractivity contribution in [3.8, 4) is 5.75 Å². The first-order chi connectivity index (χ1) is 9.88. The largest absolute Gasteiger partial charge is 0.488 e. The molecule has 0 aliphatic rings. The van der Waals surface area contributed by atoms with Crippen LogP contribution >= 0.6 is 39.1 Å². The molecule has 6 heteroatoms. The molecular formula is C15H11BrCl2O3. The summed E-state index contributed by atoms with van der Waals surface area (Å²) in [7, 11) is 0. The van der Waals surface area contributed by atoms with Gasteiger partial charge >= 0.3 is 5.97 Å². The molecule has 0 spiro atoms. The minimum atomic E-state index is -1.05. The number of carboxylic acids is 1. The third kappa shape index (κ3) is 3.90. The standard InChI is InChI=1S/C15H11BrCl2O3/c1-8-4-10(16)6-12(15(19)20)14(8)21-7-9-5-11(17)2-3-13(9)18/h2-6H,7H2,1H3,(H,19,20). The Morgan fingerprint density at radius 1 is 1.29 bits per heavy atom. The normalized spacial score (nSPS) is 10.5. The molecular weight excluding hydrogens is 379 g/mol. The van der Waals surface area contributed by atoms with E-state index >= 15 is 0 Å². The summed E-state index contributed by atoms with van der Waals surface area (Å²) in [4.78, 5) is 11.3. The number of rotatable bonds is 4. The number of carboxylic acid groups (broad SMARTS) is 1. The van der Waals surface area contributed by atoms with Crippen LogP contribution in [0.1, 0.15) is 21.5 Å². The van der Waals surface area contributed by atoms with Gasteiger partial charge in [0.25, 0.3) is 0 Å². The van der Waals surface area contributed by atoms with Gasteiger partial charge in [-0.15, -0.1) is 0 Å². The van der Waals surface area contributed by atoms with Crippen LogP contribution in [0.5, 0.6) is 5.75 Å². The zero-order valence-electron chi connectivity index (χ0n) is 11.0. The Labute approximate surface area is 140 Å². The maximum atomic E-state index is 11.3. The lowest BCUT2D eigenvalue weighted by molar-refractivity contribution is 0.0691. The summed E-state index contributed by atoms with van der Waals surface area (Å²) in [6.45, 7) is 1.92. The zero-order chi connectivity index (χ0) is 15.6. The summed E-state index contributed by atoms with van der Waals surface area (Å²) < 4.78 is 6.35. The van der Waals surface area contributed by atoms with Crippen molar-refractivity contribution in [1.82, 2.24) is 0 Å². The summed E-state index contributed by atoms with van der Waals surface area (Å²) >= 11 is 15.3. The fourth-order valence-corrected chi connectivity index (χ4v) is 2.82. The molecule has 0 aliphatic heterocycles. The second-order valence-electron chi connectivity index (χ2n) is 4.43. The van der Waals surface area contributed by atoms with Gasteiger partial charge in [0.05, 0.1) is 0 Å². The smallest absolute Gasteiger partial charge is 0.339 e. The molecule has 0 saturated heterocycles. The van der Waals surface area contributed by atoms with Gasteiger partial charge in [-0.25, -0.2) is 4.79 Å². The van der Waals surface area contributed by atoms with E-state index in [1.165, 1.54) is 6.07 Å². The van der Waals surface area contributed by atoms with Crippen LogP contribution in [0.2, 0.25) is 10.0 Å². The summed E-state index contributed by atoms with van der Waals surface area (Å²) in [5.41, 5.74) is 1.52. The van der Waals surface area contributed by atoms with E-state index in [1.54, 1.807) is 31.2 Å². The highest BCUT2D eigenvalue weighted by molar-refractivity contribution is 9.10. The van der Waals surface area contributed by atoms with Crippen LogP contribution in [0.25, 0.3) is 0 Å². The minimum Gasteiger partial charge on any atom is -0.488 e. The Balaban J connectivity index is 2.32. The molecule has 2 rings (SSSR count). The van der Waals surface area contributed by atoms with Gasteiger partial charge in [0, 0.05) is 20.1 Å². The molecule has 0 unspecified atom stereocenters. The molecule has 2 aromatic rings. The molecule has 0 heterocycles. The molecule has 110 valence electrons. The molecule has 0 saturated carbocycles. The minimum absolute atomic E-state index is 0.0972. The highest BCUT2D eigenvalue weighted by Gasteiger charge is 2.16. The third-order valence-corrected chi connectivity index (χ3v) is 3.91. The highest BCUT2D eigenvalue weighted by Crippen LogP contribution is 2.30. The van der Waals surface area contributed by atoms with E-state index in [2.05, 4.69) is 15.9 Å². The number of ether oxygens (including phenoxy) is 1. The monoisotopic (exact) mass is 388 g/mol. The topological polar surface area (TPSA) is 46.5 Å². The molecule has 0 aliphatic carbocycles. The predicted molar refractivity (Wildman–Crippen MR) is 86.6 cm³/mol. The van der Waals surface area contributed by atoms with Gasteiger partial charge in [-0.05, 0) is 42.8 Å². The molecule has 0 bridgehead atoms. The number of carbonyl (C=O) groups is 1. The highest BCUT2D eigenvalue weighted by atomic mass is 79.9. The van der Waals surface area contributed by atoms with Crippen LogP contribution in [-0.2, 0) is 6.61 Å². The van der Waals surface area contributed by atoms with Crippen LogP contribution in [0.3, 0.4) is 0 Å². The van der Waals surface area contributed by atoms with Crippen LogP contribution in [-0.4, -0.2) is 11.1 Å². The third-order valence-electron chi connectivity index (χ3n) is 2.85. The Morgan fingerprint density at radius 2 is 2.00 bits per heavy atom. The molecule has 0 atom stereocenters. The second-order valence-corrected chi connectivity index (χ2v) is 6.19. The maximum absolute atomic E-state index is 11.3. The molecule has 21 heavy (non-hydrogen) atoms. The van der Waals surface area contributed by atoms with Crippen molar-refractivity contribution < 1.29 is 14.6 Å². The van der Waals surface area contributed by atoms with E-state index in [0.717, 1.165) is 5.56 Å². The average molecular weight is 390 g/mol. The Hall–Kier alpha value is -1.23. The van der Waals surface area contributed by atoms with Crippen molar-refractivity contribution in [2.45, 2.75) is 13.5 Å². The van der Waals surface area contributed by atoms with Crippen molar-refractivity contribution in [3.05, 3.63) is 61.5 Å². The maximum Gasteiger partial charge on any atom is 0.339 e. The van der Waals surface area contributed by atoms with Gasteiger partial charge in [-0.3, -0.25) is 0 Å². The molecule has 0 fully saturated rings. The van der Waals surface area contributed by atoms with E-state index in [-0.39, 0.29) is 12.2 Å². The van der Waals surface area contributed by atoms with Crippen molar-refractivity contribution in [2.75, 3.05) is 0 Å². The molecule has 3 nitrogen and oxygen atoms in total. The number of benzene rings is 2. The van der Waals surface area contributed by atoms with Crippen molar-refractivity contribution in [3.63, 3.8) is 0 Å². The SMILES string of the molecule is Cc1cc(Br)cc(C(=O)O)c1OCc1cc(Cl)ccc1Cl. The summed E-state index contributed by atoms with van der Waals surface area (Å²) in [5, 5.41) is 10.3. The van der Waals surface area contributed by atoms with Gasteiger partial charge in [-0.2, -0.15) is 0 Å². The van der Waals surface area contributed by atoms with Crippen molar-refractivity contribution in [1.29, 1.82) is 0 Å². The first kappa shape index (κ1) is 16.1. The molecule has 0 radical (unpaired) electrons. The number of hydrogen-bond acceptors (Lipinski definition) is 2. The lowest BCUT2D eigenvalue weighted by atomic mass is 10.1. The zero-order valence-corrected chi connectivity index (χ0v) is 14.1. The van der Waals surface area contributed by atoms with E-state index < -0.39 is 5.97 Å². The second kappa shape index (κ2) is 6.69. The van der Waals surface area contributed by atoms with Gasteiger partial charge in [0.15, 0.2) is 0 Å². The Kier molecular flexibility index (Phi) is 5.14. The van der Waals surface area contributed by atoms with Gasteiger partial charge in [0.1, 0.15) is 17.9 Å². The van der Waals surface area contributed by atoms with Gasteiger partial charge in [-0.1, -0.05) is 39.1 Å². The first-order valence-corrected chi connectivity index (χ1v) is 7.53. The lowest BCUT2D eigenvalue weighted by Crippen LogP contribution is -2.05. The number of hydrogen-bond donors (Lipinski definition) is 1. The lowest BCUT2D eigenvalue weighted by Gasteiger charge is -2.13. The van der Waals surface area contributed by atoms with E-state index in [1.807, 2.05) is 0 Å². The number of aromatic carboxylic acids is 1. The molecule has 2 aromatic carbocycles. The number of aryl methyl sites for hydroxylation is 1. The summed E-state index contributed by atoms with van der Waals surface area (Å²) in [6, 6.07) is 8.35. The predicted octanol–water partition coefficient (Wildman–Crippen LogP) is 5.34. The van der Waals surface area contributed by atoms with E-state index in [9.17, 15) is 9.90 Å². The van der Waals surface area contributed by atoms with Crippen molar-refractivity contribution >= 4 is 45.1 Å². The molecule has 1 N–H and O–H groups in total. The van der Waals surface area contributed by atoms with E-state index in [0.29, 0.717) is 25.8 Å². The Bertz CT molecular complexity index is 702. The van der Waals surface area contributed by atoms with Crippen LogP contribution in [0.15, 0.2) is 34.8 Å². The van der Waals surface area contributed by atoms with Crippen LogP contribution in [0.4, 0.5) is 0 Å². The fraction of sp³-hybridized carbons (Fsp3) is 0.133. The fourth-order valence-electron chi connectivity index (χ4n) is 1.88. The van der Waals surface area contributed by atoms with Crippen LogP contribution < -0.4 is 4.74 Å². The molecule has 0 aromatic heterocycles. The summed E-state index contributed by atoms with van der Waals surface area (Å²) in [6.07, 6.45) is 0. The quantitative estimate of drug-likeness (QED) is 0.767. The first-order valence-electron chi connectivity index (χ1n) is 5.98.